The molecule has 2 heterocycles. The van der Waals surface area contributed by atoms with Crippen LogP contribution in [0.15, 0.2) is 61.1 Å². The van der Waals surface area contributed by atoms with Crippen molar-refractivity contribution in [1.82, 2.24) is 15.0 Å². The molecule has 134 valence electrons. The number of ether oxygens (including phenoxy) is 1. The number of fused-ring (bicyclic) bond motifs is 1. The highest BCUT2D eigenvalue weighted by atomic mass is 16.5. The molecule has 4 rings (SSSR count). The third-order valence-electron chi connectivity index (χ3n) is 4.19. The highest BCUT2D eigenvalue weighted by Crippen LogP contribution is 2.24. The average Bonchev–Trinajstić information content (AvgIpc) is 3.07. The van der Waals surface area contributed by atoms with Gasteiger partial charge in [-0.25, -0.2) is 4.98 Å². The van der Waals surface area contributed by atoms with Crippen molar-refractivity contribution >= 4 is 22.5 Å². The van der Waals surface area contributed by atoms with Gasteiger partial charge in [-0.2, -0.15) is 0 Å². The van der Waals surface area contributed by atoms with E-state index in [1.807, 2.05) is 26.0 Å². The summed E-state index contributed by atoms with van der Waals surface area (Å²) in [6.07, 6.45) is 4.66. The van der Waals surface area contributed by atoms with Crippen LogP contribution >= 0.6 is 0 Å². The first-order valence-corrected chi connectivity index (χ1v) is 8.54. The highest BCUT2D eigenvalue weighted by Gasteiger charge is 2.12. The van der Waals surface area contributed by atoms with E-state index in [0.717, 1.165) is 22.0 Å². The predicted molar refractivity (Wildman–Crippen MR) is 104 cm³/mol. The van der Waals surface area contributed by atoms with Gasteiger partial charge in [-0.15, -0.1) is 0 Å². The van der Waals surface area contributed by atoms with Crippen molar-refractivity contribution < 1.29 is 9.53 Å². The van der Waals surface area contributed by atoms with E-state index >= 15 is 0 Å². The molecule has 6 nitrogen and oxygen atoms in total. The molecule has 0 bridgehead atoms. The number of anilines is 1. The summed E-state index contributed by atoms with van der Waals surface area (Å²) < 4.78 is 5.65. The second-order valence-corrected chi connectivity index (χ2v) is 6.35. The van der Waals surface area contributed by atoms with E-state index in [1.54, 1.807) is 36.7 Å². The number of nitrogens with one attached hydrogen (secondary N) is 2. The lowest BCUT2D eigenvalue weighted by Crippen LogP contribution is -2.12. The fourth-order valence-corrected chi connectivity index (χ4v) is 3.02. The maximum Gasteiger partial charge on any atom is 0.272 e. The summed E-state index contributed by atoms with van der Waals surface area (Å²) in [6, 6.07) is 13.2. The number of aryl methyl sites for hydroxylation is 2. The van der Waals surface area contributed by atoms with Crippen molar-refractivity contribution in [3.8, 4) is 11.6 Å². The van der Waals surface area contributed by atoms with E-state index in [1.165, 1.54) is 6.20 Å². The first kappa shape index (κ1) is 16.8. The largest absolute Gasteiger partial charge is 0.437 e. The summed E-state index contributed by atoms with van der Waals surface area (Å²) >= 11 is 0. The minimum Gasteiger partial charge on any atom is -0.437 e. The molecule has 27 heavy (non-hydrogen) atoms. The predicted octanol–water partition coefficient (Wildman–Crippen LogP) is 4.62. The number of hydrogen-bond donors (Lipinski definition) is 2. The van der Waals surface area contributed by atoms with Gasteiger partial charge in [0.15, 0.2) is 0 Å². The quantitative estimate of drug-likeness (QED) is 0.558. The first-order valence-electron chi connectivity index (χ1n) is 8.54. The van der Waals surface area contributed by atoms with Crippen LogP contribution in [0.2, 0.25) is 0 Å². The molecule has 0 saturated carbocycles. The number of aromatic nitrogens is 3. The number of rotatable bonds is 4. The van der Waals surface area contributed by atoms with Crippen LogP contribution in [0.5, 0.6) is 11.6 Å². The minimum atomic E-state index is -0.208. The van der Waals surface area contributed by atoms with Gasteiger partial charge in [-0.05, 0) is 49.2 Å². The molecule has 0 aliphatic heterocycles. The van der Waals surface area contributed by atoms with Crippen molar-refractivity contribution in [3.63, 3.8) is 0 Å². The molecule has 2 aromatic heterocycles. The van der Waals surface area contributed by atoms with Gasteiger partial charge < -0.3 is 15.0 Å². The van der Waals surface area contributed by atoms with Crippen LogP contribution in [-0.2, 0) is 0 Å². The minimum absolute atomic E-state index is 0.208. The Labute approximate surface area is 156 Å². The molecule has 0 radical (unpaired) electrons. The van der Waals surface area contributed by atoms with E-state index < -0.39 is 0 Å². The summed E-state index contributed by atoms with van der Waals surface area (Å²) in [4.78, 5) is 23.9. The Balaban J connectivity index is 1.54. The van der Waals surface area contributed by atoms with Gasteiger partial charge in [-0.1, -0.05) is 12.1 Å². The van der Waals surface area contributed by atoms with E-state index in [-0.39, 0.29) is 5.91 Å². The van der Waals surface area contributed by atoms with Gasteiger partial charge in [0.25, 0.3) is 5.91 Å². The molecule has 0 fully saturated rings. The molecule has 0 atom stereocenters. The van der Waals surface area contributed by atoms with Gasteiger partial charge in [-0.3, -0.25) is 9.78 Å². The SMILES string of the molecule is Cc1cc(C)c2cc(C(=O)Nc3cccc(Oc4cnccn4)c3)[nH]c2c1. The number of benzene rings is 2. The van der Waals surface area contributed by atoms with E-state index in [0.29, 0.717) is 23.0 Å². The number of H-pyrrole nitrogens is 1. The van der Waals surface area contributed by atoms with Gasteiger partial charge in [0.2, 0.25) is 5.88 Å². The van der Waals surface area contributed by atoms with Crippen LogP contribution in [0.4, 0.5) is 5.69 Å². The Morgan fingerprint density at radius 3 is 2.81 bits per heavy atom. The molecule has 1 amide bonds. The van der Waals surface area contributed by atoms with Crippen LogP contribution in [0.1, 0.15) is 21.6 Å². The maximum atomic E-state index is 12.6. The van der Waals surface area contributed by atoms with Crippen molar-refractivity contribution in [2.75, 3.05) is 5.32 Å². The number of carbonyl (C=O) groups excluding carboxylic acids is 1. The van der Waals surface area contributed by atoms with Gasteiger partial charge >= 0.3 is 0 Å². The fraction of sp³-hybridized carbons (Fsp3) is 0.0952. The van der Waals surface area contributed by atoms with E-state index in [2.05, 4.69) is 26.3 Å². The summed E-state index contributed by atoms with van der Waals surface area (Å²) in [5.41, 5.74) is 4.40. The molecule has 4 aromatic rings. The third-order valence-corrected chi connectivity index (χ3v) is 4.19. The summed E-state index contributed by atoms with van der Waals surface area (Å²) in [5, 5.41) is 3.94. The maximum absolute atomic E-state index is 12.6. The van der Waals surface area contributed by atoms with Crippen LogP contribution < -0.4 is 10.1 Å². The Bertz CT molecular complexity index is 1120. The molecule has 0 aliphatic carbocycles. The number of hydrogen-bond acceptors (Lipinski definition) is 4. The number of aromatic amines is 1. The monoisotopic (exact) mass is 358 g/mol. The zero-order chi connectivity index (χ0) is 18.8. The van der Waals surface area contributed by atoms with Gasteiger partial charge in [0.1, 0.15) is 11.4 Å². The van der Waals surface area contributed by atoms with Gasteiger partial charge in [0, 0.05) is 35.1 Å². The van der Waals surface area contributed by atoms with Crippen molar-refractivity contribution in [1.29, 1.82) is 0 Å². The Morgan fingerprint density at radius 2 is 2.00 bits per heavy atom. The van der Waals surface area contributed by atoms with Crippen LogP contribution in [-0.4, -0.2) is 20.9 Å². The topological polar surface area (TPSA) is 79.9 Å². The van der Waals surface area contributed by atoms with E-state index in [9.17, 15) is 4.79 Å². The van der Waals surface area contributed by atoms with Crippen molar-refractivity contribution in [2.24, 2.45) is 0 Å². The molecule has 2 aromatic carbocycles. The fourth-order valence-electron chi connectivity index (χ4n) is 3.02. The number of nitrogens with zero attached hydrogens (tertiary/aromatic N) is 2. The molecule has 0 spiro atoms. The van der Waals surface area contributed by atoms with Crippen LogP contribution in [0.3, 0.4) is 0 Å². The lowest BCUT2D eigenvalue weighted by molar-refractivity contribution is 0.102. The molecule has 0 unspecified atom stereocenters. The Kier molecular flexibility index (Phi) is 4.30. The zero-order valence-corrected chi connectivity index (χ0v) is 15.0. The Morgan fingerprint density at radius 1 is 1.11 bits per heavy atom. The van der Waals surface area contributed by atoms with Gasteiger partial charge in [0.05, 0.1) is 6.20 Å². The Hall–Kier alpha value is -3.67. The lowest BCUT2D eigenvalue weighted by Gasteiger charge is -2.07. The van der Waals surface area contributed by atoms with Crippen LogP contribution in [0.25, 0.3) is 10.9 Å². The molecule has 0 saturated heterocycles. The second-order valence-electron chi connectivity index (χ2n) is 6.35. The number of carbonyl (C=O) groups is 1. The molecule has 2 N–H and O–H groups in total. The summed E-state index contributed by atoms with van der Waals surface area (Å²) in [6.45, 7) is 4.08. The number of amides is 1. The normalized spacial score (nSPS) is 10.7. The molecular weight excluding hydrogens is 340 g/mol. The van der Waals surface area contributed by atoms with Crippen molar-refractivity contribution in [3.05, 3.63) is 77.9 Å². The molecule has 0 aliphatic rings. The molecular formula is C21H18N4O2. The second kappa shape index (κ2) is 6.92. The van der Waals surface area contributed by atoms with Crippen LogP contribution in [0, 0.1) is 13.8 Å². The average molecular weight is 358 g/mol. The van der Waals surface area contributed by atoms with Crippen molar-refractivity contribution in [2.45, 2.75) is 13.8 Å². The standard InChI is InChI=1S/C21H18N4O2/c1-13-8-14(2)17-11-19(25-18(17)9-13)21(26)24-15-4-3-5-16(10-15)27-20-12-22-6-7-23-20/h3-12,25H,1-2H3,(H,24,26). The third kappa shape index (κ3) is 3.64. The summed E-state index contributed by atoms with van der Waals surface area (Å²) in [7, 11) is 0. The first-order chi connectivity index (χ1) is 13.1. The molecule has 6 heteroatoms. The smallest absolute Gasteiger partial charge is 0.272 e. The zero-order valence-electron chi connectivity index (χ0n) is 15.0. The highest BCUT2D eigenvalue weighted by molar-refractivity contribution is 6.06. The summed E-state index contributed by atoms with van der Waals surface area (Å²) in [5.74, 6) is 0.749. The van der Waals surface area contributed by atoms with E-state index in [4.69, 9.17) is 4.74 Å². The lowest BCUT2D eigenvalue weighted by atomic mass is 10.1.